The molecule has 0 saturated heterocycles. The van der Waals surface area contributed by atoms with Crippen molar-refractivity contribution in [1.82, 2.24) is 5.43 Å². The molecule has 0 radical (unpaired) electrons. The highest BCUT2D eigenvalue weighted by atomic mass is 35.5. The summed E-state index contributed by atoms with van der Waals surface area (Å²) in [7, 11) is 1.46. The van der Waals surface area contributed by atoms with Crippen LogP contribution in [0.25, 0.3) is 0 Å². The number of nitrogens with one attached hydrogen (secondary N) is 1. The van der Waals surface area contributed by atoms with E-state index in [9.17, 15) is 9.90 Å². The molecule has 0 fully saturated rings. The van der Waals surface area contributed by atoms with Gasteiger partial charge in [-0.05, 0) is 60.9 Å². The third-order valence-corrected chi connectivity index (χ3v) is 3.98. The average Bonchev–Trinajstić information content (AvgIpc) is 2.58. The monoisotopic (exact) mass is 362 g/mol. The molecule has 1 amide bonds. The predicted octanol–water partition coefficient (Wildman–Crippen LogP) is 3.20. The molecule has 132 valence electrons. The van der Waals surface area contributed by atoms with Gasteiger partial charge in [-0.2, -0.15) is 5.10 Å². The van der Waals surface area contributed by atoms with Crippen LogP contribution in [0.15, 0.2) is 35.4 Å². The summed E-state index contributed by atoms with van der Waals surface area (Å²) in [6.07, 6.45) is 1.41. The highest BCUT2D eigenvalue weighted by Gasteiger charge is 2.06. The van der Waals surface area contributed by atoms with E-state index in [2.05, 4.69) is 10.5 Å². The molecular formula is C18H19ClN2O4. The smallest absolute Gasteiger partial charge is 0.277 e. The quantitative estimate of drug-likeness (QED) is 0.611. The Balaban J connectivity index is 1.87. The zero-order chi connectivity index (χ0) is 18.4. The van der Waals surface area contributed by atoms with E-state index in [0.29, 0.717) is 22.1 Å². The summed E-state index contributed by atoms with van der Waals surface area (Å²) in [4.78, 5) is 11.8. The normalized spacial score (nSPS) is 10.7. The number of phenolic OH excluding ortho intramolecular Hbond substituents is 1. The number of hydrogen-bond acceptors (Lipinski definition) is 5. The van der Waals surface area contributed by atoms with E-state index in [4.69, 9.17) is 21.1 Å². The molecule has 0 aromatic heterocycles. The molecule has 0 aliphatic heterocycles. The second-order valence-corrected chi connectivity index (χ2v) is 5.76. The number of ether oxygens (including phenoxy) is 2. The third-order valence-electron chi connectivity index (χ3n) is 3.39. The Morgan fingerprint density at radius 2 is 1.96 bits per heavy atom. The molecule has 2 aromatic carbocycles. The average molecular weight is 363 g/mol. The van der Waals surface area contributed by atoms with Crippen LogP contribution in [0, 0.1) is 13.8 Å². The second kappa shape index (κ2) is 8.39. The van der Waals surface area contributed by atoms with E-state index in [1.54, 1.807) is 24.3 Å². The number of methoxy groups -OCH3 is 1. The Kier molecular flexibility index (Phi) is 6.25. The van der Waals surface area contributed by atoms with Gasteiger partial charge in [0.2, 0.25) is 0 Å². The summed E-state index contributed by atoms with van der Waals surface area (Å²) in [5, 5.41) is 14.2. The summed E-state index contributed by atoms with van der Waals surface area (Å²) in [5.74, 6) is 0.524. The van der Waals surface area contributed by atoms with Crippen LogP contribution in [-0.2, 0) is 4.79 Å². The Morgan fingerprint density at radius 1 is 1.28 bits per heavy atom. The maximum absolute atomic E-state index is 11.8. The molecule has 6 nitrogen and oxygen atoms in total. The molecule has 0 bridgehead atoms. The van der Waals surface area contributed by atoms with Crippen LogP contribution < -0.4 is 14.9 Å². The summed E-state index contributed by atoms with van der Waals surface area (Å²) in [5.41, 5.74) is 4.74. The second-order valence-electron chi connectivity index (χ2n) is 5.38. The summed E-state index contributed by atoms with van der Waals surface area (Å²) >= 11 is 6.09. The Labute approximate surface area is 151 Å². The van der Waals surface area contributed by atoms with Crippen molar-refractivity contribution in [2.24, 2.45) is 5.10 Å². The van der Waals surface area contributed by atoms with E-state index in [1.165, 1.54) is 19.4 Å². The van der Waals surface area contributed by atoms with Crippen LogP contribution in [0.3, 0.4) is 0 Å². The number of aromatic hydroxyl groups is 1. The van der Waals surface area contributed by atoms with Crippen LogP contribution in [0.4, 0.5) is 0 Å². The van der Waals surface area contributed by atoms with Gasteiger partial charge in [0.25, 0.3) is 5.91 Å². The number of amides is 1. The van der Waals surface area contributed by atoms with Crippen LogP contribution in [0.2, 0.25) is 5.02 Å². The fourth-order valence-corrected chi connectivity index (χ4v) is 2.25. The maximum Gasteiger partial charge on any atom is 0.277 e. The molecule has 2 aromatic rings. The highest BCUT2D eigenvalue weighted by molar-refractivity contribution is 6.32. The summed E-state index contributed by atoms with van der Waals surface area (Å²) in [6.45, 7) is 3.57. The van der Waals surface area contributed by atoms with E-state index >= 15 is 0 Å². The van der Waals surface area contributed by atoms with Gasteiger partial charge in [0.1, 0.15) is 5.75 Å². The Bertz CT molecular complexity index is 783. The fraction of sp³-hybridized carbons (Fsp3) is 0.222. The molecule has 0 saturated carbocycles. The van der Waals surface area contributed by atoms with Crippen LogP contribution in [0.5, 0.6) is 17.2 Å². The number of rotatable bonds is 6. The first kappa shape index (κ1) is 18.6. The summed E-state index contributed by atoms with van der Waals surface area (Å²) < 4.78 is 10.4. The Morgan fingerprint density at radius 3 is 2.56 bits per heavy atom. The van der Waals surface area contributed by atoms with E-state index in [0.717, 1.165) is 11.1 Å². The number of carbonyl (C=O) groups excluding carboxylic acids is 1. The van der Waals surface area contributed by atoms with Gasteiger partial charge < -0.3 is 14.6 Å². The molecule has 0 atom stereocenters. The van der Waals surface area contributed by atoms with Gasteiger partial charge in [0, 0.05) is 5.02 Å². The van der Waals surface area contributed by atoms with Crippen molar-refractivity contribution in [1.29, 1.82) is 0 Å². The molecule has 0 spiro atoms. The van der Waals surface area contributed by atoms with E-state index in [1.807, 2.05) is 13.8 Å². The SMILES string of the molecule is COc1ccc(/C=N\NC(=O)COc2cc(C)c(Cl)c(C)c2)cc1O. The number of carbonyl (C=O) groups is 1. The first-order chi connectivity index (χ1) is 11.9. The summed E-state index contributed by atoms with van der Waals surface area (Å²) in [6, 6.07) is 8.32. The first-order valence-corrected chi connectivity index (χ1v) is 7.87. The van der Waals surface area contributed by atoms with E-state index < -0.39 is 5.91 Å². The molecule has 0 heterocycles. The molecule has 0 unspecified atom stereocenters. The number of aryl methyl sites for hydroxylation is 2. The Hall–Kier alpha value is -2.73. The van der Waals surface area contributed by atoms with Gasteiger partial charge >= 0.3 is 0 Å². The largest absolute Gasteiger partial charge is 0.504 e. The van der Waals surface area contributed by atoms with Crippen LogP contribution >= 0.6 is 11.6 Å². The number of halogens is 1. The fourth-order valence-electron chi connectivity index (χ4n) is 2.14. The number of benzene rings is 2. The zero-order valence-corrected chi connectivity index (χ0v) is 14.9. The topological polar surface area (TPSA) is 80.2 Å². The van der Waals surface area contributed by atoms with Gasteiger partial charge in [-0.3, -0.25) is 4.79 Å². The molecule has 0 aliphatic rings. The zero-order valence-electron chi connectivity index (χ0n) is 14.2. The number of hydrogen-bond donors (Lipinski definition) is 2. The molecular weight excluding hydrogens is 344 g/mol. The van der Waals surface area contributed by atoms with Gasteiger partial charge in [0.05, 0.1) is 13.3 Å². The first-order valence-electron chi connectivity index (χ1n) is 7.49. The maximum atomic E-state index is 11.8. The lowest BCUT2D eigenvalue weighted by Crippen LogP contribution is -2.24. The van der Waals surface area contributed by atoms with Crippen molar-refractivity contribution in [3.05, 3.63) is 52.0 Å². The van der Waals surface area contributed by atoms with Gasteiger partial charge in [-0.25, -0.2) is 5.43 Å². The van der Waals surface area contributed by atoms with Crippen molar-refractivity contribution in [2.45, 2.75) is 13.8 Å². The highest BCUT2D eigenvalue weighted by Crippen LogP contribution is 2.26. The van der Waals surface area contributed by atoms with Crippen molar-refractivity contribution < 1.29 is 19.4 Å². The minimum absolute atomic E-state index is 0.00501. The lowest BCUT2D eigenvalue weighted by atomic mass is 10.1. The molecule has 0 aliphatic carbocycles. The van der Waals surface area contributed by atoms with Crippen molar-refractivity contribution in [2.75, 3.05) is 13.7 Å². The minimum Gasteiger partial charge on any atom is -0.504 e. The van der Waals surface area contributed by atoms with Crippen molar-refractivity contribution in [3.63, 3.8) is 0 Å². The van der Waals surface area contributed by atoms with Gasteiger partial charge in [-0.1, -0.05) is 11.6 Å². The van der Waals surface area contributed by atoms with Crippen LogP contribution in [0.1, 0.15) is 16.7 Å². The predicted molar refractivity (Wildman–Crippen MR) is 96.8 cm³/mol. The molecule has 7 heteroatoms. The molecule has 2 rings (SSSR count). The number of phenols is 1. The number of nitrogens with zero attached hydrogens (tertiary/aromatic N) is 1. The van der Waals surface area contributed by atoms with Gasteiger partial charge in [0.15, 0.2) is 18.1 Å². The van der Waals surface area contributed by atoms with Crippen LogP contribution in [-0.4, -0.2) is 30.9 Å². The standard InChI is InChI=1S/C18H19ClN2O4/c1-11-6-14(7-12(2)18(11)19)25-10-17(23)21-20-9-13-4-5-16(24-3)15(22)8-13/h4-9,22H,10H2,1-3H3,(H,21,23)/b20-9-. The molecule has 2 N–H and O–H groups in total. The number of hydrazone groups is 1. The van der Waals surface area contributed by atoms with E-state index in [-0.39, 0.29) is 12.4 Å². The minimum atomic E-state index is -0.403. The third kappa shape index (κ3) is 5.12. The lowest BCUT2D eigenvalue weighted by Gasteiger charge is -2.09. The lowest BCUT2D eigenvalue weighted by molar-refractivity contribution is -0.123. The van der Waals surface area contributed by atoms with Crippen molar-refractivity contribution in [3.8, 4) is 17.2 Å². The van der Waals surface area contributed by atoms with Gasteiger partial charge in [-0.15, -0.1) is 0 Å². The molecule has 25 heavy (non-hydrogen) atoms. The van der Waals surface area contributed by atoms with Crippen molar-refractivity contribution >= 4 is 23.7 Å².